The summed E-state index contributed by atoms with van der Waals surface area (Å²) in [5, 5.41) is 11.9. The molecule has 6 nitrogen and oxygen atoms in total. The summed E-state index contributed by atoms with van der Waals surface area (Å²) in [7, 11) is 0. The van der Waals surface area contributed by atoms with E-state index in [2.05, 4.69) is 10.1 Å². The van der Waals surface area contributed by atoms with Crippen LogP contribution in [0.5, 0.6) is 5.75 Å². The van der Waals surface area contributed by atoms with E-state index >= 15 is 0 Å². The van der Waals surface area contributed by atoms with Gasteiger partial charge in [0.25, 0.3) is 5.91 Å². The van der Waals surface area contributed by atoms with E-state index < -0.39 is 29.5 Å². The molecule has 3 rings (SSSR count). The molecule has 27 heavy (non-hydrogen) atoms. The third-order valence-electron chi connectivity index (χ3n) is 4.43. The monoisotopic (exact) mass is 383 g/mol. The number of hydrogen-bond acceptors (Lipinski definition) is 4. The number of hydrogen-bond donors (Lipinski definition) is 2. The lowest BCUT2D eigenvalue weighted by Gasteiger charge is -2.24. The van der Waals surface area contributed by atoms with Gasteiger partial charge in [-0.2, -0.15) is 0 Å². The summed E-state index contributed by atoms with van der Waals surface area (Å²) in [6.07, 6.45) is -2.90. The van der Waals surface area contributed by atoms with Crippen LogP contribution in [0.3, 0.4) is 0 Å². The summed E-state index contributed by atoms with van der Waals surface area (Å²) in [5.41, 5.74) is -1.33. The number of nitrogens with one attached hydrogen (secondary N) is 1. The SMILES string of the molecule is O=C(NC1(C(=O)O)CCCC1)c1ccc(-c2ccccc2OC(F)(F)F)o1. The smallest absolute Gasteiger partial charge is 0.480 e. The second-order valence-corrected chi connectivity index (χ2v) is 6.26. The molecule has 0 bridgehead atoms. The van der Waals surface area contributed by atoms with E-state index in [1.165, 1.54) is 30.3 Å². The quantitative estimate of drug-likeness (QED) is 0.816. The molecule has 1 aromatic carbocycles. The second kappa shape index (κ2) is 6.98. The van der Waals surface area contributed by atoms with E-state index in [1.807, 2.05) is 0 Å². The average molecular weight is 383 g/mol. The van der Waals surface area contributed by atoms with Gasteiger partial charge in [-0.1, -0.05) is 25.0 Å². The maximum absolute atomic E-state index is 12.5. The van der Waals surface area contributed by atoms with Gasteiger partial charge in [0.15, 0.2) is 5.76 Å². The maximum atomic E-state index is 12.5. The fourth-order valence-electron chi connectivity index (χ4n) is 3.14. The number of ether oxygens (including phenoxy) is 1. The zero-order chi connectivity index (χ0) is 19.7. The Morgan fingerprint density at radius 2 is 1.78 bits per heavy atom. The Morgan fingerprint density at radius 1 is 1.11 bits per heavy atom. The molecule has 1 aliphatic rings. The third kappa shape index (κ3) is 4.07. The lowest BCUT2D eigenvalue weighted by Crippen LogP contribution is -2.52. The van der Waals surface area contributed by atoms with Crippen molar-refractivity contribution in [3.05, 3.63) is 42.2 Å². The lowest BCUT2D eigenvalue weighted by atomic mass is 9.98. The average Bonchev–Trinajstić information content (AvgIpc) is 3.24. The molecule has 0 radical (unpaired) electrons. The van der Waals surface area contributed by atoms with Crippen LogP contribution in [-0.4, -0.2) is 28.9 Å². The van der Waals surface area contributed by atoms with Gasteiger partial charge >= 0.3 is 12.3 Å². The molecule has 0 spiro atoms. The predicted octanol–water partition coefficient (Wildman–Crippen LogP) is 3.97. The van der Waals surface area contributed by atoms with Crippen molar-refractivity contribution in [2.45, 2.75) is 37.6 Å². The van der Waals surface area contributed by atoms with Crippen molar-refractivity contribution < 1.29 is 37.0 Å². The molecule has 1 aliphatic carbocycles. The van der Waals surface area contributed by atoms with Crippen molar-refractivity contribution in [3.63, 3.8) is 0 Å². The summed E-state index contributed by atoms with van der Waals surface area (Å²) in [6, 6.07) is 7.96. The first-order valence-corrected chi connectivity index (χ1v) is 8.21. The topological polar surface area (TPSA) is 88.8 Å². The number of benzene rings is 1. The normalized spacial score (nSPS) is 16.1. The molecule has 144 valence electrons. The second-order valence-electron chi connectivity index (χ2n) is 6.26. The zero-order valence-corrected chi connectivity index (χ0v) is 14.0. The number of carboxylic acids is 1. The number of furan rings is 1. The number of carboxylic acid groups (broad SMARTS) is 1. The van der Waals surface area contributed by atoms with Crippen molar-refractivity contribution in [3.8, 4) is 17.1 Å². The minimum Gasteiger partial charge on any atom is -0.480 e. The summed E-state index contributed by atoms with van der Waals surface area (Å²) in [4.78, 5) is 23.9. The molecule has 0 saturated heterocycles. The van der Waals surface area contributed by atoms with Crippen molar-refractivity contribution in [1.82, 2.24) is 5.32 Å². The van der Waals surface area contributed by atoms with Crippen LogP contribution in [0.25, 0.3) is 11.3 Å². The molecular formula is C18H16F3NO5. The first-order valence-electron chi connectivity index (χ1n) is 8.21. The van der Waals surface area contributed by atoms with Gasteiger partial charge in [-0.3, -0.25) is 4.79 Å². The highest BCUT2D eigenvalue weighted by atomic mass is 19.4. The van der Waals surface area contributed by atoms with E-state index in [0.717, 1.165) is 6.07 Å². The van der Waals surface area contributed by atoms with Crippen LogP contribution in [0, 0.1) is 0 Å². The van der Waals surface area contributed by atoms with Gasteiger partial charge in [-0.15, -0.1) is 13.2 Å². The summed E-state index contributed by atoms with van der Waals surface area (Å²) < 4.78 is 47.0. The fraction of sp³-hybridized carbons (Fsp3) is 0.333. The molecule has 9 heteroatoms. The van der Waals surface area contributed by atoms with E-state index in [-0.39, 0.29) is 17.1 Å². The van der Waals surface area contributed by atoms with E-state index in [4.69, 9.17) is 4.42 Å². The molecule has 2 N–H and O–H groups in total. The van der Waals surface area contributed by atoms with Crippen molar-refractivity contribution in [2.24, 2.45) is 0 Å². The molecule has 1 aromatic heterocycles. The Labute approximate surface area is 151 Å². The number of para-hydroxylation sites is 1. The van der Waals surface area contributed by atoms with E-state index in [9.17, 15) is 27.9 Å². The Morgan fingerprint density at radius 3 is 2.41 bits per heavy atom. The van der Waals surface area contributed by atoms with Gasteiger partial charge in [-0.05, 0) is 37.1 Å². The Kier molecular flexibility index (Phi) is 4.86. The first kappa shape index (κ1) is 18.8. The molecule has 0 aliphatic heterocycles. The van der Waals surface area contributed by atoms with Gasteiger partial charge in [-0.25, -0.2) is 4.79 Å². The molecule has 2 aromatic rings. The number of carbonyl (C=O) groups excluding carboxylic acids is 1. The van der Waals surface area contributed by atoms with Gasteiger partial charge in [0.05, 0.1) is 5.56 Å². The number of aliphatic carboxylic acids is 1. The van der Waals surface area contributed by atoms with Gasteiger partial charge in [0.2, 0.25) is 0 Å². The molecule has 1 heterocycles. The predicted molar refractivity (Wildman–Crippen MR) is 87.1 cm³/mol. The largest absolute Gasteiger partial charge is 0.573 e. The van der Waals surface area contributed by atoms with Gasteiger partial charge < -0.3 is 19.6 Å². The highest BCUT2D eigenvalue weighted by Gasteiger charge is 2.43. The van der Waals surface area contributed by atoms with Crippen LogP contribution in [0.15, 0.2) is 40.8 Å². The summed E-state index contributed by atoms with van der Waals surface area (Å²) in [5.74, 6) is -2.52. The Hall–Kier alpha value is -2.97. The van der Waals surface area contributed by atoms with Crippen LogP contribution in [0.4, 0.5) is 13.2 Å². The van der Waals surface area contributed by atoms with Gasteiger partial charge in [0.1, 0.15) is 17.0 Å². The Bertz CT molecular complexity index is 853. The van der Waals surface area contributed by atoms with Crippen LogP contribution in [0.1, 0.15) is 36.2 Å². The lowest BCUT2D eigenvalue weighted by molar-refractivity contribution is -0.274. The Balaban J connectivity index is 1.83. The van der Waals surface area contributed by atoms with Crippen molar-refractivity contribution in [1.29, 1.82) is 0 Å². The molecule has 0 atom stereocenters. The molecule has 1 amide bonds. The summed E-state index contributed by atoms with van der Waals surface area (Å²) in [6.45, 7) is 0. The number of carbonyl (C=O) groups is 2. The molecule has 0 unspecified atom stereocenters. The number of alkyl halides is 3. The van der Waals surface area contributed by atoms with Crippen LogP contribution < -0.4 is 10.1 Å². The van der Waals surface area contributed by atoms with Crippen LogP contribution >= 0.6 is 0 Å². The minimum absolute atomic E-state index is 0.00389. The summed E-state index contributed by atoms with van der Waals surface area (Å²) >= 11 is 0. The fourth-order valence-corrected chi connectivity index (χ4v) is 3.14. The highest BCUT2D eigenvalue weighted by Crippen LogP contribution is 2.35. The number of rotatable bonds is 5. The highest BCUT2D eigenvalue weighted by molar-refractivity contribution is 5.96. The molecular weight excluding hydrogens is 367 g/mol. The zero-order valence-electron chi connectivity index (χ0n) is 14.0. The molecule has 1 fully saturated rings. The van der Waals surface area contributed by atoms with Crippen LogP contribution in [0.2, 0.25) is 0 Å². The third-order valence-corrected chi connectivity index (χ3v) is 4.43. The van der Waals surface area contributed by atoms with Crippen molar-refractivity contribution in [2.75, 3.05) is 0 Å². The maximum Gasteiger partial charge on any atom is 0.573 e. The first-order chi connectivity index (χ1) is 12.7. The van der Waals surface area contributed by atoms with Gasteiger partial charge in [0, 0.05) is 0 Å². The minimum atomic E-state index is -4.88. The van der Waals surface area contributed by atoms with Crippen molar-refractivity contribution >= 4 is 11.9 Å². The molecule has 1 saturated carbocycles. The number of amides is 1. The number of halogens is 3. The standard InChI is InChI=1S/C18H16F3NO5/c19-18(20,21)27-13-6-2-1-5-11(13)12-7-8-14(26-12)15(23)22-17(16(24)25)9-3-4-10-17/h1-2,5-8H,3-4,9-10H2,(H,22,23)(H,24,25). The van der Waals surface area contributed by atoms with Crippen LogP contribution in [-0.2, 0) is 4.79 Å². The van der Waals surface area contributed by atoms with E-state index in [0.29, 0.717) is 25.7 Å². The van der Waals surface area contributed by atoms with E-state index in [1.54, 1.807) is 0 Å².